The molecule has 1 aromatic carbocycles. The van der Waals surface area contributed by atoms with Gasteiger partial charge in [0.25, 0.3) is 0 Å². The van der Waals surface area contributed by atoms with E-state index in [0.29, 0.717) is 0 Å². The van der Waals surface area contributed by atoms with Crippen LogP contribution < -0.4 is 5.32 Å². The van der Waals surface area contributed by atoms with Crippen LogP contribution >= 0.6 is 0 Å². The molecule has 0 spiro atoms. The molecule has 2 rings (SSSR count). The van der Waals surface area contributed by atoms with E-state index in [0.717, 1.165) is 16.6 Å². The molecule has 0 radical (unpaired) electrons. The van der Waals surface area contributed by atoms with Gasteiger partial charge in [0, 0.05) is 11.2 Å². The highest BCUT2D eigenvalue weighted by molar-refractivity contribution is 5.84. The number of alkyl halides is 3. The van der Waals surface area contributed by atoms with Crippen LogP contribution in [0.1, 0.15) is 5.69 Å². The van der Waals surface area contributed by atoms with Crippen molar-refractivity contribution >= 4 is 16.8 Å². The molecule has 0 saturated heterocycles. The summed E-state index contributed by atoms with van der Waals surface area (Å²) in [4.78, 5) is 11.5. The molecule has 2 aromatic rings. The molecule has 0 bridgehead atoms. The predicted octanol–water partition coefficient (Wildman–Crippen LogP) is 2.63. The number of carbonyl (C=O) groups excluding carboxylic acids is 1. The molecule has 1 amide bonds. The zero-order chi connectivity index (χ0) is 14.0. The average Bonchev–Trinajstić information content (AvgIpc) is 2.63. The van der Waals surface area contributed by atoms with Gasteiger partial charge in [-0.05, 0) is 24.4 Å². The summed E-state index contributed by atoms with van der Waals surface area (Å²) in [6, 6.07) is 9.32. The lowest BCUT2D eigenvalue weighted by molar-refractivity contribution is -0.138. The highest BCUT2D eigenvalue weighted by Crippen LogP contribution is 2.19. The SMILES string of the molecule is Cc1cc2ccccc2n1CC(=O)NCC(F)(F)F. The monoisotopic (exact) mass is 270 g/mol. The number of aromatic nitrogens is 1. The van der Waals surface area contributed by atoms with Crippen LogP contribution in [0.15, 0.2) is 30.3 Å². The molecule has 0 fully saturated rings. The maximum Gasteiger partial charge on any atom is 0.405 e. The molecule has 0 aliphatic carbocycles. The molecule has 0 aliphatic heterocycles. The van der Waals surface area contributed by atoms with Crippen molar-refractivity contribution in [2.75, 3.05) is 6.54 Å². The van der Waals surface area contributed by atoms with Gasteiger partial charge in [-0.3, -0.25) is 4.79 Å². The van der Waals surface area contributed by atoms with Crippen molar-refractivity contribution in [3.8, 4) is 0 Å². The fourth-order valence-electron chi connectivity index (χ4n) is 1.96. The van der Waals surface area contributed by atoms with Gasteiger partial charge < -0.3 is 9.88 Å². The van der Waals surface area contributed by atoms with Crippen LogP contribution in [0.5, 0.6) is 0 Å². The summed E-state index contributed by atoms with van der Waals surface area (Å²) in [7, 11) is 0. The van der Waals surface area contributed by atoms with Gasteiger partial charge in [0.05, 0.1) is 0 Å². The Bertz CT molecular complexity index is 601. The number of benzene rings is 1. The van der Waals surface area contributed by atoms with Crippen molar-refractivity contribution in [2.24, 2.45) is 0 Å². The molecule has 0 atom stereocenters. The Morgan fingerprint density at radius 2 is 2.00 bits per heavy atom. The molecule has 0 saturated carbocycles. The Labute approximate surface area is 108 Å². The van der Waals surface area contributed by atoms with Crippen LogP contribution in [0.25, 0.3) is 10.9 Å². The Kier molecular flexibility index (Phi) is 3.50. The van der Waals surface area contributed by atoms with Crippen LogP contribution in [0.4, 0.5) is 13.2 Å². The lowest BCUT2D eigenvalue weighted by Crippen LogP contribution is -2.35. The fraction of sp³-hybridized carbons (Fsp3) is 0.308. The molecular weight excluding hydrogens is 257 g/mol. The Morgan fingerprint density at radius 1 is 1.32 bits per heavy atom. The summed E-state index contributed by atoms with van der Waals surface area (Å²) in [5.41, 5.74) is 1.67. The maximum atomic E-state index is 12.0. The number of para-hydroxylation sites is 1. The van der Waals surface area contributed by atoms with Crippen LogP contribution in [0.3, 0.4) is 0 Å². The fourth-order valence-corrected chi connectivity index (χ4v) is 1.96. The first-order valence-electron chi connectivity index (χ1n) is 5.75. The van der Waals surface area contributed by atoms with Gasteiger partial charge in [-0.2, -0.15) is 13.2 Å². The predicted molar refractivity (Wildman–Crippen MR) is 65.7 cm³/mol. The van der Waals surface area contributed by atoms with Crippen molar-refractivity contribution in [3.63, 3.8) is 0 Å². The highest BCUT2D eigenvalue weighted by atomic mass is 19.4. The normalized spacial score (nSPS) is 11.8. The van der Waals surface area contributed by atoms with Crippen molar-refractivity contribution in [3.05, 3.63) is 36.0 Å². The van der Waals surface area contributed by atoms with E-state index >= 15 is 0 Å². The maximum absolute atomic E-state index is 12.0. The highest BCUT2D eigenvalue weighted by Gasteiger charge is 2.27. The van der Waals surface area contributed by atoms with E-state index in [1.807, 2.05) is 42.6 Å². The van der Waals surface area contributed by atoms with Crippen molar-refractivity contribution < 1.29 is 18.0 Å². The van der Waals surface area contributed by atoms with E-state index < -0.39 is 18.6 Å². The summed E-state index contributed by atoms with van der Waals surface area (Å²) in [6.45, 7) is 0.399. The largest absolute Gasteiger partial charge is 0.405 e. The van der Waals surface area contributed by atoms with Crippen molar-refractivity contribution in [1.29, 1.82) is 0 Å². The standard InChI is InChI=1S/C13H13F3N2O/c1-9-6-10-4-2-3-5-11(10)18(9)7-12(19)17-8-13(14,15)16/h2-6H,7-8H2,1H3,(H,17,19). The van der Waals surface area contributed by atoms with Crippen LogP contribution in [-0.2, 0) is 11.3 Å². The van der Waals surface area contributed by atoms with Crippen molar-refractivity contribution in [1.82, 2.24) is 9.88 Å². The van der Waals surface area contributed by atoms with E-state index in [1.54, 1.807) is 4.57 Å². The molecule has 0 unspecified atom stereocenters. The van der Waals surface area contributed by atoms with Gasteiger partial charge >= 0.3 is 6.18 Å². The number of carbonyl (C=O) groups is 1. The zero-order valence-electron chi connectivity index (χ0n) is 10.3. The van der Waals surface area contributed by atoms with Crippen LogP contribution in [0.2, 0.25) is 0 Å². The number of aryl methyl sites for hydroxylation is 1. The smallest absolute Gasteiger partial charge is 0.345 e. The Balaban J connectivity index is 2.13. The van der Waals surface area contributed by atoms with Gasteiger partial charge in [-0.15, -0.1) is 0 Å². The minimum atomic E-state index is -4.39. The third-order valence-electron chi connectivity index (χ3n) is 2.81. The molecule has 0 aliphatic rings. The lowest BCUT2D eigenvalue weighted by atomic mass is 10.2. The molecule has 3 nitrogen and oxygen atoms in total. The first-order valence-corrected chi connectivity index (χ1v) is 5.75. The van der Waals surface area contributed by atoms with Gasteiger partial charge in [-0.1, -0.05) is 18.2 Å². The molecule has 102 valence electrons. The minimum absolute atomic E-state index is 0.116. The quantitative estimate of drug-likeness (QED) is 0.914. The van der Waals surface area contributed by atoms with Crippen LogP contribution in [-0.4, -0.2) is 23.2 Å². The first-order chi connectivity index (χ1) is 8.87. The molecule has 1 aromatic heterocycles. The topological polar surface area (TPSA) is 34.0 Å². The number of rotatable bonds is 3. The molecule has 6 heteroatoms. The van der Waals surface area contributed by atoms with Gasteiger partial charge in [0.1, 0.15) is 13.1 Å². The van der Waals surface area contributed by atoms with E-state index in [-0.39, 0.29) is 6.54 Å². The number of fused-ring (bicyclic) bond motifs is 1. The minimum Gasteiger partial charge on any atom is -0.345 e. The molecule has 1 N–H and O–H groups in total. The first kappa shape index (κ1) is 13.5. The second kappa shape index (κ2) is 4.95. The van der Waals surface area contributed by atoms with Gasteiger partial charge in [0.15, 0.2) is 0 Å². The summed E-state index contributed by atoms with van der Waals surface area (Å²) in [5.74, 6) is -0.651. The van der Waals surface area contributed by atoms with E-state index in [9.17, 15) is 18.0 Å². The number of amides is 1. The number of nitrogens with one attached hydrogen (secondary N) is 1. The third-order valence-corrected chi connectivity index (χ3v) is 2.81. The molecule has 19 heavy (non-hydrogen) atoms. The second-order valence-corrected chi connectivity index (χ2v) is 4.32. The zero-order valence-corrected chi connectivity index (χ0v) is 10.3. The second-order valence-electron chi connectivity index (χ2n) is 4.32. The summed E-state index contributed by atoms with van der Waals surface area (Å²) in [6.07, 6.45) is -4.39. The summed E-state index contributed by atoms with van der Waals surface area (Å²) >= 11 is 0. The molecular formula is C13H13F3N2O. The van der Waals surface area contributed by atoms with Gasteiger partial charge in [-0.25, -0.2) is 0 Å². The van der Waals surface area contributed by atoms with Gasteiger partial charge in [0.2, 0.25) is 5.91 Å². The summed E-state index contributed by atoms with van der Waals surface area (Å²) in [5, 5.41) is 2.83. The Hall–Kier alpha value is -1.98. The Morgan fingerprint density at radius 3 is 2.68 bits per heavy atom. The number of hydrogen-bond acceptors (Lipinski definition) is 1. The molecule has 1 heterocycles. The summed E-state index contributed by atoms with van der Waals surface area (Å²) < 4.78 is 37.7. The number of halogens is 3. The van der Waals surface area contributed by atoms with E-state index in [4.69, 9.17) is 0 Å². The van der Waals surface area contributed by atoms with E-state index in [2.05, 4.69) is 0 Å². The number of nitrogens with zero attached hydrogens (tertiary/aromatic N) is 1. The average molecular weight is 270 g/mol. The van der Waals surface area contributed by atoms with Crippen LogP contribution in [0, 0.1) is 6.92 Å². The lowest BCUT2D eigenvalue weighted by Gasteiger charge is -2.11. The van der Waals surface area contributed by atoms with E-state index in [1.165, 1.54) is 0 Å². The van der Waals surface area contributed by atoms with Crippen molar-refractivity contribution in [2.45, 2.75) is 19.6 Å². The number of hydrogen-bond donors (Lipinski definition) is 1. The third kappa shape index (κ3) is 3.27.